The van der Waals surface area contributed by atoms with E-state index in [4.69, 9.17) is 6.57 Å². The molecule has 0 saturated heterocycles. The van der Waals surface area contributed by atoms with Crippen LogP contribution in [0.2, 0.25) is 0 Å². The summed E-state index contributed by atoms with van der Waals surface area (Å²) in [5, 5.41) is 0. The number of benzene rings is 1. The first kappa shape index (κ1) is 15.8. The summed E-state index contributed by atoms with van der Waals surface area (Å²) in [6.45, 7) is 7.52. The lowest BCUT2D eigenvalue weighted by molar-refractivity contribution is -0.154. The van der Waals surface area contributed by atoms with E-state index < -0.39 is 12.8 Å². The largest absolute Gasteiger partial charge is 0.468 e. The van der Waals surface area contributed by atoms with Gasteiger partial charge in [0.25, 0.3) is 0 Å². The van der Waals surface area contributed by atoms with E-state index in [2.05, 4.69) is 14.6 Å². The Balaban J connectivity index is 2.07. The van der Waals surface area contributed by atoms with Crippen molar-refractivity contribution in [3.05, 3.63) is 65.1 Å². The molecule has 0 radical (unpaired) electrons. The Hall–Kier alpha value is -2.55. The number of nitrogens with zero attached hydrogens (tertiary/aromatic N) is 2. The summed E-state index contributed by atoms with van der Waals surface area (Å²) in [5.74, 6) is -0.0411. The average Bonchev–Trinajstić information content (AvgIpc) is 2.52. The topological polar surface area (TPSA) is 26.5 Å². The highest BCUT2D eigenvalue weighted by molar-refractivity contribution is 5.47. The van der Waals surface area contributed by atoms with E-state index >= 15 is 0 Å². The Labute approximate surface area is 126 Å². The van der Waals surface area contributed by atoms with Gasteiger partial charge in [-0.05, 0) is 11.1 Å². The summed E-state index contributed by atoms with van der Waals surface area (Å²) in [4.78, 5) is 7.22. The molecule has 0 amide bonds. The van der Waals surface area contributed by atoms with Crippen molar-refractivity contribution >= 4 is 5.69 Å². The number of hydrogen-bond acceptors (Lipinski definition) is 2. The molecule has 2 aromatic rings. The quantitative estimate of drug-likeness (QED) is 0.764. The van der Waals surface area contributed by atoms with Gasteiger partial charge in [0.05, 0.1) is 6.57 Å². The van der Waals surface area contributed by atoms with Crippen LogP contribution in [0.1, 0.15) is 24.0 Å². The molecule has 0 bridgehead atoms. The Morgan fingerprint density at radius 2 is 1.77 bits per heavy atom. The minimum atomic E-state index is -4.38. The zero-order valence-corrected chi connectivity index (χ0v) is 11.8. The fraction of sp³-hybridized carbons (Fsp3) is 0.250. The van der Waals surface area contributed by atoms with Crippen molar-refractivity contribution in [2.75, 3.05) is 6.61 Å². The summed E-state index contributed by atoms with van der Waals surface area (Å²) in [6, 6.07) is 10.3. The third kappa shape index (κ3) is 4.22. The highest BCUT2D eigenvalue weighted by Gasteiger charge is 2.28. The summed E-state index contributed by atoms with van der Waals surface area (Å²) >= 11 is 0. The molecule has 1 unspecified atom stereocenters. The van der Waals surface area contributed by atoms with Gasteiger partial charge in [-0.2, -0.15) is 13.2 Å². The zero-order valence-electron chi connectivity index (χ0n) is 11.8. The van der Waals surface area contributed by atoms with Crippen LogP contribution < -0.4 is 4.74 Å². The molecule has 22 heavy (non-hydrogen) atoms. The van der Waals surface area contributed by atoms with Gasteiger partial charge in [0.1, 0.15) is 0 Å². The molecular weight excluding hydrogens is 293 g/mol. The molecule has 1 aromatic heterocycles. The van der Waals surface area contributed by atoms with E-state index in [0.717, 1.165) is 11.1 Å². The first-order chi connectivity index (χ1) is 10.4. The second-order valence-corrected chi connectivity index (χ2v) is 4.76. The monoisotopic (exact) mass is 306 g/mol. The summed E-state index contributed by atoms with van der Waals surface area (Å²) in [6.07, 6.45) is -2.88. The van der Waals surface area contributed by atoms with Crippen molar-refractivity contribution in [3.63, 3.8) is 0 Å². The molecule has 0 spiro atoms. The Morgan fingerprint density at radius 1 is 1.14 bits per heavy atom. The number of pyridine rings is 1. The minimum absolute atomic E-state index is 0.0175. The average molecular weight is 306 g/mol. The van der Waals surface area contributed by atoms with Crippen LogP contribution in [0, 0.1) is 6.57 Å². The van der Waals surface area contributed by atoms with Crippen LogP contribution in [0.15, 0.2) is 42.6 Å². The van der Waals surface area contributed by atoms with E-state index in [-0.39, 0.29) is 11.8 Å². The smallest absolute Gasteiger partial charge is 0.422 e. The molecule has 0 fully saturated rings. The van der Waals surface area contributed by atoms with Gasteiger partial charge >= 0.3 is 6.18 Å². The molecular formula is C16H13F3N2O. The van der Waals surface area contributed by atoms with Crippen molar-refractivity contribution in [3.8, 4) is 5.88 Å². The third-order valence-corrected chi connectivity index (χ3v) is 3.17. The fourth-order valence-electron chi connectivity index (χ4n) is 1.92. The van der Waals surface area contributed by atoms with Crippen LogP contribution in [-0.4, -0.2) is 17.8 Å². The van der Waals surface area contributed by atoms with E-state index in [1.165, 1.54) is 12.3 Å². The van der Waals surface area contributed by atoms with Gasteiger partial charge in [-0.25, -0.2) is 9.83 Å². The van der Waals surface area contributed by atoms with Gasteiger partial charge in [0.15, 0.2) is 12.3 Å². The SMILES string of the molecule is [C-]#[N+]c1ccc(C(C)c2ccc(OCC(F)(F)F)nc2)cc1. The van der Waals surface area contributed by atoms with Crippen molar-refractivity contribution in [1.29, 1.82) is 0 Å². The zero-order chi connectivity index (χ0) is 16.2. The molecule has 1 atom stereocenters. The lowest BCUT2D eigenvalue weighted by Crippen LogP contribution is -2.19. The number of halogens is 3. The van der Waals surface area contributed by atoms with Crippen LogP contribution in [0.4, 0.5) is 18.9 Å². The Kier molecular flexibility index (Phi) is 4.66. The highest BCUT2D eigenvalue weighted by Crippen LogP contribution is 2.26. The molecule has 0 aliphatic rings. The standard InChI is InChI=1S/C16H13F3N2O/c1-11(12-3-6-14(20-2)7-4-12)13-5-8-15(21-9-13)22-10-16(17,18)19/h3-9,11H,10H2,1H3. The molecule has 1 aromatic carbocycles. The first-order valence-electron chi connectivity index (χ1n) is 6.52. The summed E-state index contributed by atoms with van der Waals surface area (Å²) in [5.41, 5.74) is 2.41. The lowest BCUT2D eigenvalue weighted by Gasteiger charge is -2.13. The second-order valence-electron chi connectivity index (χ2n) is 4.76. The summed E-state index contributed by atoms with van der Waals surface area (Å²) in [7, 11) is 0. The number of hydrogen-bond donors (Lipinski definition) is 0. The maximum Gasteiger partial charge on any atom is 0.422 e. The van der Waals surface area contributed by atoms with Crippen LogP contribution in [0.3, 0.4) is 0 Å². The third-order valence-electron chi connectivity index (χ3n) is 3.17. The maximum atomic E-state index is 12.1. The van der Waals surface area contributed by atoms with E-state index in [9.17, 15) is 13.2 Å². The van der Waals surface area contributed by atoms with Crippen molar-refractivity contribution in [2.45, 2.75) is 19.0 Å². The van der Waals surface area contributed by atoms with Crippen molar-refractivity contribution < 1.29 is 17.9 Å². The maximum absolute atomic E-state index is 12.1. The van der Waals surface area contributed by atoms with Crippen LogP contribution in [-0.2, 0) is 0 Å². The molecule has 114 valence electrons. The van der Waals surface area contributed by atoms with Crippen LogP contribution in [0.5, 0.6) is 5.88 Å². The van der Waals surface area contributed by atoms with Crippen molar-refractivity contribution in [1.82, 2.24) is 4.98 Å². The molecule has 0 saturated carbocycles. The molecule has 3 nitrogen and oxygen atoms in total. The normalized spacial score (nSPS) is 12.5. The predicted molar refractivity (Wildman–Crippen MR) is 76.0 cm³/mol. The molecule has 1 heterocycles. The van der Waals surface area contributed by atoms with Gasteiger partial charge in [-0.3, -0.25) is 0 Å². The minimum Gasteiger partial charge on any atom is -0.468 e. The van der Waals surface area contributed by atoms with Gasteiger partial charge in [-0.1, -0.05) is 37.3 Å². The Bertz CT molecular complexity index is 658. The molecule has 0 aliphatic carbocycles. The molecule has 0 N–H and O–H groups in total. The van der Waals surface area contributed by atoms with E-state index in [1.807, 2.05) is 19.1 Å². The molecule has 2 rings (SSSR count). The van der Waals surface area contributed by atoms with Crippen molar-refractivity contribution in [2.24, 2.45) is 0 Å². The van der Waals surface area contributed by atoms with Gasteiger partial charge in [-0.15, -0.1) is 0 Å². The summed E-state index contributed by atoms with van der Waals surface area (Å²) < 4.78 is 40.7. The van der Waals surface area contributed by atoms with Gasteiger partial charge in [0, 0.05) is 18.2 Å². The molecule has 6 heteroatoms. The predicted octanol–water partition coefficient (Wildman–Crippen LogP) is 4.73. The number of ether oxygens (including phenoxy) is 1. The number of alkyl halides is 3. The van der Waals surface area contributed by atoms with Gasteiger partial charge < -0.3 is 4.74 Å². The second kappa shape index (κ2) is 6.48. The van der Waals surface area contributed by atoms with Gasteiger partial charge in [0.2, 0.25) is 5.88 Å². The first-order valence-corrected chi connectivity index (χ1v) is 6.52. The lowest BCUT2D eigenvalue weighted by atomic mass is 9.94. The highest BCUT2D eigenvalue weighted by atomic mass is 19.4. The van der Waals surface area contributed by atoms with E-state index in [1.54, 1.807) is 18.2 Å². The number of rotatable bonds is 4. The number of aromatic nitrogens is 1. The fourth-order valence-corrected chi connectivity index (χ4v) is 1.92. The van der Waals surface area contributed by atoms with Crippen LogP contribution >= 0.6 is 0 Å². The Morgan fingerprint density at radius 3 is 2.27 bits per heavy atom. The van der Waals surface area contributed by atoms with Crippen LogP contribution in [0.25, 0.3) is 4.85 Å². The molecule has 0 aliphatic heterocycles. The van der Waals surface area contributed by atoms with E-state index in [0.29, 0.717) is 5.69 Å².